The van der Waals surface area contributed by atoms with E-state index in [-0.39, 0.29) is 16.7 Å². The topological polar surface area (TPSA) is 55.2 Å². The molecule has 1 atom stereocenters. The molecule has 1 aromatic heterocycles. The van der Waals surface area contributed by atoms with Crippen molar-refractivity contribution in [3.8, 4) is 0 Å². The minimum Gasteiger partial charge on any atom is -0.342 e. The van der Waals surface area contributed by atoms with Crippen molar-refractivity contribution in [1.29, 1.82) is 0 Å². The third kappa shape index (κ3) is 2.90. The Balaban J connectivity index is 1.74. The summed E-state index contributed by atoms with van der Waals surface area (Å²) in [4.78, 5) is 29.8. The average Bonchev–Trinajstić information content (AvgIpc) is 3.12. The number of aromatic nitrogens is 2. The first-order valence-electron chi connectivity index (χ1n) is 7.20. The fourth-order valence-electron chi connectivity index (χ4n) is 2.52. The zero-order chi connectivity index (χ0) is 14.1. The molecule has 0 spiro atoms. The van der Waals surface area contributed by atoms with Gasteiger partial charge in [0, 0.05) is 31.4 Å². The van der Waals surface area contributed by atoms with Crippen molar-refractivity contribution in [3.05, 3.63) is 22.6 Å². The number of carbonyl (C=O) groups is 1. The van der Waals surface area contributed by atoms with Crippen molar-refractivity contribution in [1.82, 2.24) is 14.5 Å². The molecule has 2 fully saturated rings. The molecule has 6 heteroatoms. The standard InChI is InChI=1S/C14H19N3O2S/c1-10(13(19)16-7-2-3-8-16)20-14-15-12(18)6-9-17(14)11-4-5-11/h6,9-11H,2-5,7-8H2,1H3/t10-/m0/s1. The largest absolute Gasteiger partial charge is 0.342 e. The molecule has 1 amide bonds. The zero-order valence-electron chi connectivity index (χ0n) is 11.6. The molecular weight excluding hydrogens is 274 g/mol. The third-order valence-electron chi connectivity index (χ3n) is 3.79. The summed E-state index contributed by atoms with van der Waals surface area (Å²) in [5.41, 5.74) is -0.231. The Labute approximate surface area is 122 Å². The Kier molecular flexibility index (Phi) is 3.83. The Bertz CT molecular complexity index is 562. The van der Waals surface area contributed by atoms with E-state index in [2.05, 4.69) is 4.98 Å². The normalized spacial score (nSPS) is 20.1. The van der Waals surface area contributed by atoms with Gasteiger partial charge in [-0.05, 0) is 32.6 Å². The molecule has 108 valence electrons. The first-order valence-corrected chi connectivity index (χ1v) is 8.08. The van der Waals surface area contributed by atoms with Crippen LogP contribution in [0.3, 0.4) is 0 Å². The lowest BCUT2D eigenvalue weighted by atomic mass is 10.4. The Morgan fingerprint density at radius 3 is 2.75 bits per heavy atom. The van der Waals surface area contributed by atoms with Crippen LogP contribution in [0, 0.1) is 0 Å². The lowest BCUT2D eigenvalue weighted by Crippen LogP contribution is -2.34. The number of thioether (sulfide) groups is 1. The highest BCUT2D eigenvalue weighted by Crippen LogP contribution is 2.37. The highest BCUT2D eigenvalue weighted by Gasteiger charge is 2.29. The monoisotopic (exact) mass is 293 g/mol. The zero-order valence-corrected chi connectivity index (χ0v) is 12.4. The number of hydrogen-bond donors (Lipinski definition) is 0. The summed E-state index contributed by atoms with van der Waals surface area (Å²) in [7, 11) is 0. The van der Waals surface area contributed by atoms with Crippen LogP contribution < -0.4 is 5.56 Å². The smallest absolute Gasteiger partial charge is 0.273 e. The van der Waals surface area contributed by atoms with Gasteiger partial charge < -0.3 is 9.47 Å². The van der Waals surface area contributed by atoms with E-state index in [0.717, 1.165) is 38.8 Å². The molecule has 1 aliphatic carbocycles. The highest BCUT2D eigenvalue weighted by molar-refractivity contribution is 8.00. The van der Waals surface area contributed by atoms with Crippen molar-refractivity contribution in [2.75, 3.05) is 13.1 Å². The van der Waals surface area contributed by atoms with Crippen molar-refractivity contribution < 1.29 is 4.79 Å². The minimum atomic E-state index is -0.231. The predicted molar refractivity (Wildman–Crippen MR) is 77.9 cm³/mol. The first kappa shape index (κ1) is 13.7. The van der Waals surface area contributed by atoms with Gasteiger partial charge in [0.05, 0.1) is 5.25 Å². The van der Waals surface area contributed by atoms with E-state index in [1.807, 2.05) is 22.6 Å². The van der Waals surface area contributed by atoms with Crippen molar-refractivity contribution in [2.45, 2.75) is 49.1 Å². The molecule has 3 rings (SSSR count). The SMILES string of the molecule is C[C@H](Sc1nc(=O)ccn1C1CC1)C(=O)N1CCCC1. The fourth-order valence-corrected chi connectivity index (χ4v) is 3.56. The second-order valence-corrected chi connectivity index (χ2v) is 6.79. The van der Waals surface area contributed by atoms with Crippen molar-refractivity contribution in [3.63, 3.8) is 0 Å². The number of nitrogens with zero attached hydrogens (tertiary/aromatic N) is 3. The molecule has 0 N–H and O–H groups in total. The molecular formula is C14H19N3O2S. The van der Waals surface area contributed by atoms with Crippen LogP contribution in [-0.4, -0.2) is 38.7 Å². The van der Waals surface area contributed by atoms with E-state index in [0.29, 0.717) is 11.2 Å². The van der Waals surface area contributed by atoms with Gasteiger partial charge in [-0.2, -0.15) is 4.98 Å². The summed E-state index contributed by atoms with van der Waals surface area (Å²) in [6, 6.07) is 1.95. The molecule has 20 heavy (non-hydrogen) atoms. The number of likely N-dealkylation sites (tertiary alicyclic amines) is 1. The molecule has 0 aromatic carbocycles. The number of rotatable bonds is 4. The van der Waals surface area contributed by atoms with Crippen molar-refractivity contribution in [2.24, 2.45) is 0 Å². The van der Waals surface area contributed by atoms with E-state index in [9.17, 15) is 9.59 Å². The van der Waals surface area contributed by atoms with Crippen LogP contribution in [0.25, 0.3) is 0 Å². The summed E-state index contributed by atoms with van der Waals surface area (Å²) in [5.74, 6) is 0.160. The average molecular weight is 293 g/mol. The molecule has 5 nitrogen and oxygen atoms in total. The van der Waals surface area contributed by atoms with Crippen LogP contribution in [0.1, 0.15) is 38.6 Å². The summed E-state index contributed by atoms with van der Waals surface area (Å²) < 4.78 is 2.04. The minimum absolute atomic E-state index is 0.160. The van der Waals surface area contributed by atoms with Crippen LogP contribution in [0.5, 0.6) is 0 Å². The van der Waals surface area contributed by atoms with Gasteiger partial charge in [-0.25, -0.2) is 0 Å². The second kappa shape index (κ2) is 5.60. The predicted octanol–water partition coefficient (Wildman–Crippen LogP) is 1.68. The Hall–Kier alpha value is -1.30. The van der Waals surface area contributed by atoms with Gasteiger partial charge in [0.1, 0.15) is 0 Å². The molecule has 2 aliphatic rings. The Morgan fingerprint density at radius 1 is 1.40 bits per heavy atom. The van der Waals surface area contributed by atoms with Gasteiger partial charge in [0.2, 0.25) is 5.91 Å². The summed E-state index contributed by atoms with van der Waals surface area (Å²) in [6.45, 7) is 3.63. The number of hydrogen-bond acceptors (Lipinski definition) is 4. The van der Waals surface area contributed by atoms with Crippen molar-refractivity contribution >= 4 is 17.7 Å². The molecule has 0 unspecified atom stereocenters. The van der Waals surface area contributed by atoms with Gasteiger partial charge in [0.15, 0.2) is 5.16 Å². The quantitative estimate of drug-likeness (QED) is 0.626. The number of carbonyl (C=O) groups excluding carboxylic acids is 1. The summed E-state index contributed by atoms with van der Waals surface area (Å²) in [5, 5.41) is 0.493. The van der Waals surface area contributed by atoms with E-state index in [4.69, 9.17) is 0 Å². The van der Waals surface area contributed by atoms with Crippen LogP contribution in [0.4, 0.5) is 0 Å². The van der Waals surface area contributed by atoms with E-state index < -0.39 is 0 Å². The van der Waals surface area contributed by atoms with E-state index >= 15 is 0 Å². The maximum atomic E-state index is 12.3. The third-order valence-corrected chi connectivity index (χ3v) is 4.86. The van der Waals surface area contributed by atoms with Crippen LogP contribution in [0.2, 0.25) is 0 Å². The molecule has 0 radical (unpaired) electrons. The van der Waals surface area contributed by atoms with Gasteiger partial charge >= 0.3 is 0 Å². The van der Waals surface area contributed by atoms with Crippen LogP contribution in [-0.2, 0) is 4.79 Å². The molecule has 1 saturated heterocycles. The molecule has 0 bridgehead atoms. The summed E-state index contributed by atoms with van der Waals surface area (Å²) >= 11 is 1.41. The maximum Gasteiger partial charge on any atom is 0.273 e. The highest BCUT2D eigenvalue weighted by atomic mass is 32.2. The lowest BCUT2D eigenvalue weighted by molar-refractivity contribution is -0.129. The molecule has 1 aromatic rings. The van der Waals surface area contributed by atoms with Gasteiger partial charge in [-0.15, -0.1) is 0 Å². The van der Waals surface area contributed by atoms with Crippen LogP contribution in [0.15, 0.2) is 22.2 Å². The van der Waals surface area contributed by atoms with Gasteiger partial charge in [-0.1, -0.05) is 11.8 Å². The van der Waals surface area contributed by atoms with Crippen LogP contribution >= 0.6 is 11.8 Å². The first-order chi connectivity index (χ1) is 9.65. The molecule has 1 saturated carbocycles. The fraction of sp³-hybridized carbons (Fsp3) is 0.643. The summed E-state index contributed by atoms with van der Waals surface area (Å²) in [6.07, 6.45) is 6.26. The molecule has 1 aliphatic heterocycles. The molecule has 2 heterocycles. The number of amides is 1. The second-order valence-electron chi connectivity index (χ2n) is 5.48. The Morgan fingerprint density at radius 2 is 2.10 bits per heavy atom. The van der Waals surface area contributed by atoms with Gasteiger partial charge in [0.25, 0.3) is 5.56 Å². The van der Waals surface area contributed by atoms with E-state index in [1.54, 1.807) is 0 Å². The lowest BCUT2D eigenvalue weighted by Gasteiger charge is -2.20. The van der Waals surface area contributed by atoms with E-state index in [1.165, 1.54) is 17.8 Å². The maximum absolute atomic E-state index is 12.3. The van der Waals surface area contributed by atoms with Gasteiger partial charge in [-0.3, -0.25) is 9.59 Å².